The molecule has 0 spiro atoms. The van der Waals surface area contributed by atoms with Crippen LogP contribution in [0.4, 0.5) is 5.69 Å². The van der Waals surface area contributed by atoms with E-state index in [0.717, 1.165) is 5.69 Å². The fourth-order valence-electron chi connectivity index (χ4n) is 4.79. The molecule has 156 valence electrons. The largest absolute Gasteiger partial charge is 0.341 e. The molecule has 2 amide bonds. The van der Waals surface area contributed by atoms with Crippen LogP contribution in [0.15, 0.2) is 30.3 Å². The van der Waals surface area contributed by atoms with Gasteiger partial charge in [-0.3, -0.25) is 25.1 Å². The van der Waals surface area contributed by atoms with Gasteiger partial charge in [0.15, 0.2) is 0 Å². The average molecular weight is 401 g/mol. The molecule has 1 aliphatic carbocycles. The Morgan fingerprint density at radius 3 is 2.48 bits per heavy atom. The van der Waals surface area contributed by atoms with Crippen LogP contribution in [0.3, 0.4) is 0 Å². The number of carbonyl (C=O) groups is 2. The van der Waals surface area contributed by atoms with Crippen molar-refractivity contribution >= 4 is 17.5 Å². The van der Waals surface area contributed by atoms with Gasteiger partial charge in [-0.15, -0.1) is 0 Å². The van der Waals surface area contributed by atoms with Crippen molar-refractivity contribution in [3.63, 3.8) is 0 Å². The van der Waals surface area contributed by atoms with Crippen molar-refractivity contribution in [1.29, 1.82) is 0 Å². The van der Waals surface area contributed by atoms with E-state index in [1.54, 1.807) is 4.90 Å². The summed E-state index contributed by atoms with van der Waals surface area (Å²) in [5.74, 6) is -0.206. The van der Waals surface area contributed by atoms with E-state index in [1.807, 2.05) is 30.3 Å². The maximum absolute atomic E-state index is 13.1. The van der Waals surface area contributed by atoms with E-state index in [0.29, 0.717) is 45.2 Å². The summed E-state index contributed by atoms with van der Waals surface area (Å²) >= 11 is 0. The number of amides is 2. The Labute approximate surface area is 169 Å². The molecule has 2 saturated heterocycles. The zero-order valence-electron chi connectivity index (χ0n) is 16.3. The Bertz CT molecular complexity index is 765. The van der Waals surface area contributed by atoms with E-state index in [1.165, 1.54) is 0 Å². The Morgan fingerprint density at radius 2 is 1.79 bits per heavy atom. The monoisotopic (exact) mass is 401 g/mol. The van der Waals surface area contributed by atoms with Crippen molar-refractivity contribution in [2.24, 2.45) is 11.8 Å². The molecule has 1 saturated carbocycles. The number of nitro groups is 1. The molecule has 0 radical (unpaired) electrons. The minimum absolute atomic E-state index is 0.00914. The number of benzene rings is 1. The molecule has 4 rings (SSSR count). The van der Waals surface area contributed by atoms with Crippen LogP contribution in [0.1, 0.15) is 32.1 Å². The molecule has 2 heterocycles. The van der Waals surface area contributed by atoms with E-state index < -0.39 is 12.1 Å². The number of rotatable bonds is 4. The number of hydrogen-bond donors (Lipinski definition) is 3. The summed E-state index contributed by atoms with van der Waals surface area (Å²) in [7, 11) is 0. The summed E-state index contributed by atoms with van der Waals surface area (Å²) in [6.07, 6.45) is 2.91. The van der Waals surface area contributed by atoms with Crippen LogP contribution < -0.4 is 16.2 Å². The number of anilines is 1. The summed E-state index contributed by atoms with van der Waals surface area (Å²) in [5, 5.41) is 14.1. The van der Waals surface area contributed by atoms with Gasteiger partial charge >= 0.3 is 0 Å². The van der Waals surface area contributed by atoms with E-state index in [2.05, 4.69) is 16.2 Å². The lowest BCUT2D eigenvalue weighted by atomic mass is 9.79. The summed E-state index contributed by atoms with van der Waals surface area (Å²) in [6.45, 7) is 1.06. The lowest BCUT2D eigenvalue weighted by molar-refractivity contribution is -0.528. The summed E-state index contributed by atoms with van der Waals surface area (Å²) in [4.78, 5) is 38.3. The van der Waals surface area contributed by atoms with E-state index in [4.69, 9.17) is 0 Å². The third-order valence-corrected chi connectivity index (χ3v) is 6.51. The highest BCUT2D eigenvalue weighted by Gasteiger charge is 2.47. The average Bonchev–Trinajstić information content (AvgIpc) is 3.17. The minimum Gasteiger partial charge on any atom is -0.341 e. The predicted octanol–water partition coefficient (Wildman–Crippen LogP) is 1.15. The molecular weight excluding hydrogens is 374 g/mol. The number of hydrogen-bond acceptors (Lipinski definition) is 6. The second-order valence-electron chi connectivity index (χ2n) is 8.24. The van der Waals surface area contributed by atoms with Gasteiger partial charge in [0.1, 0.15) is 6.04 Å². The third-order valence-electron chi connectivity index (χ3n) is 6.51. The van der Waals surface area contributed by atoms with Gasteiger partial charge in [0.2, 0.25) is 17.9 Å². The van der Waals surface area contributed by atoms with Gasteiger partial charge in [-0.2, -0.15) is 0 Å². The third kappa shape index (κ3) is 4.25. The number of para-hydroxylation sites is 1. The van der Waals surface area contributed by atoms with Crippen molar-refractivity contribution in [2.45, 2.75) is 50.2 Å². The Morgan fingerprint density at radius 1 is 1.07 bits per heavy atom. The number of nitrogens with zero attached hydrogens (tertiary/aromatic N) is 2. The van der Waals surface area contributed by atoms with Gasteiger partial charge in [0.05, 0.1) is 0 Å². The molecule has 0 bridgehead atoms. The maximum Gasteiger partial charge on any atom is 0.241 e. The SMILES string of the molecule is O=C(Nc1ccccc1)C1CCN(C(=O)C2NNC3CCC([N+](=O)[O-])CC32)CC1. The molecule has 29 heavy (non-hydrogen) atoms. The van der Waals surface area contributed by atoms with Gasteiger partial charge in [-0.1, -0.05) is 18.2 Å². The second-order valence-corrected chi connectivity index (χ2v) is 8.24. The van der Waals surface area contributed by atoms with Gasteiger partial charge < -0.3 is 10.2 Å². The van der Waals surface area contributed by atoms with Gasteiger partial charge in [-0.25, -0.2) is 5.43 Å². The van der Waals surface area contributed by atoms with Crippen LogP contribution in [0.25, 0.3) is 0 Å². The number of carbonyl (C=O) groups excluding carboxylic acids is 2. The Kier molecular flexibility index (Phi) is 5.77. The lowest BCUT2D eigenvalue weighted by Gasteiger charge is -2.35. The second kappa shape index (κ2) is 8.46. The molecule has 2 aliphatic heterocycles. The molecule has 4 atom stereocenters. The van der Waals surface area contributed by atoms with Crippen molar-refractivity contribution in [3.8, 4) is 0 Å². The van der Waals surface area contributed by atoms with Crippen molar-refractivity contribution in [2.75, 3.05) is 18.4 Å². The van der Waals surface area contributed by atoms with Crippen LogP contribution in [0.2, 0.25) is 0 Å². The molecule has 3 aliphatic rings. The zero-order chi connectivity index (χ0) is 20.4. The molecule has 3 N–H and O–H groups in total. The summed E-state index contributed by atoms with van der Waals surface area (Å²) < 4.78 is 0. The molecule has 9 nitrogen and oxygen atoms in total. The first-order valence-electron chi connectivity index (χ1n) is 10.3. The summed E-state index contributed by atoms with van der Waals surface area (Å²) in [5.41, 5.74) is 7.02. The number of fused-ring (bicyclic) bond motifs is 1. The Hall–Kier alpha value is -2.52. The van der Waals surface area contributed by atoms with Crippen molar-refractivity contribution in [3.05, 3.63) is 40.4 Å². The Balaban J connectivity index is 1.31. The quantitative estimate of drug-likeness (QED) is 0.515. The van der Waals surface area contributed by atoms with Crippen LogP contribution >= 0.6 is 0 Å². The van der Waals surface area contributed by atoms with E-state index in [9.17, 15) is 19.7 Å². The van der Waals surface area contributed by atoms with Crippen molar-refractivity contribution < 1.29 is 14.5 Å². The minimum atomic E-state index is -0.569. The van der Waals surface area contributed by atoms with Gasteiger partial charge in [0.25, 0.3) is 0 Å². The first-order chi connectivity index (χ1) is 14.0. The molecular formula is C20H27N5O4. The zero-order valence-corrected chi connectivity index (χ0v) is 16.3. The fourth-order valence-corrected chi connectivity index (χ4v) is 4.79. The number of likely N-dealkylation sites (tertiary alicyclic amines) is 1. The van der Waals surface area contributed by atoms with Crippen LogP contribution in [-0.2, 0) is 9.59 Å². The smallest absolute Gasteiger partial charge is 0.241 e. The normalized spacial score (nSPS) is 29.9. The highest BCUT2D eigenvalue weighted by molar-refractivity contribution is 5.92. The van der Waals surface area contributed by atoms with Gasteiger partial charge in [-0.05, 0) is 31.4 Å². The van der Waals surface area contributed by atoms with Crippen LogP contribution in [-0.4, -0.2) is 52.9 Å². The molecule has 1 aromatic carbocycles. The molecule has 3 fully saturated rings. The number of nitrogens with one attached hydrogen (secondary N) is 3. The first kappa shape index (κ1) is 19.8. The van der Waals surface area contributed by atoms with E-state index >= 15 is 0 Å². The fraction of sp³-hybridized carbons (Fsp3) is 0.600. The van der Waals surface area contributed by atoms with Crippen LogP contribution in [0, 0.1) is 22.0 Å². The summed E-state index contributed by atoms with van der Waals surface area (Å²) in [6, 6.07) is 8.47. The topological polar surface area (TPSA) is 117 Å². The highest BCUT2D eigenvalue weighted by atomic mass is 16.6. The maximum atomic E-state index is 13.1. The number of hydrazine groups is 1. The molecule has 1 aromatic rings. The lowest BCUT2D eigenvalue weighted by Crippen LogP contribution is -2.51. The predicted molar refractivity (Wildman–Crippen MR) is 106 cm³/mol. The number of piperidine rings is 1. The standard InChI is InChI=1S/C20H27N5O4/c26-19(21-14-4-2-1-3-5-14)13-8-10-24(11-9-13)20(27)18-16-12-15(25(28)29)6-7-17(16)22-23-18/h1-5,13,15-18,22-23H,6-12H2,(H,21,26). The molecule has 9 heteroatoms. The molecule has 4 unspecified atom stereocenters. The van der Waals surface area contributed by atoms with Gasteiger partial charge in [0, 0.05) is 54.4 Å². The highest BCUT2D eigenvalue weighted by Crippen LogP contribution is 2.33. The first-order valence-corrected chi connectivity index (χ1v) is 10.3. The van der Waals surface area contributed by atoms with Crippen molar-refractivity contribution in [1.82, 2.24) is 15.8 Å². The van der Waals surface area contributed by atoms with E-state index in [-0.39, 0.29) is 34.6 Å². The molecule has 0 aromatic heterocycles. The van der Waals surface area contributed by atoms with Crippen LogP contribution in [0.5, 0.6) is 0 Å².